The van der Waals surface area contributed by atoms with Crippen LogP contribution in [0.25, 0.3) is 5.82 Å². The monoisotopic (exact) mass is 229 g/mol. The molecule has 0 spiro atoms. The first-order valence-electron chi connectivity index (χ1n) is 4.62. The fourth-order valence-corrected chi connectivity index (χ4v) is 1.12. The van der Waals surface area contributed by atoms with Crippen molar-refractivity contribution in [2.45, 2.75) is 0 Å². The van der Waals surface area contributed by atoms with E-state index >= 15 is 0 Å². The van der Waals surface area contributed by atoms with E-state index in [2.05, 4.69) is 25.6 Å². The van der Waals surface area contributed by atoms with E-state index in [1.165, 1.54) is 24.1 Å². The lowest BCUT2D eigenvalue weighted by Gasteiger charge is -1.99. The van der Waals surface area contributed by atoms with Crippen LogP contribution in [-0.2, 0) is 0 Å². The van der Waals surface area contributed by atoms with Gasteiger partial charge in [0.1, 0.15) is 12.4 Å². The highest BCUT2D eigenvalue weighted by molar-refractivity contribution is 5.91. The fraction of sp³-hybridized carbons (Fsp3) is 0.111. The number of aromatic nitrogens is 5. The standard InChI is InChI=1S/C9H7N7O/c1-11-9(17)6-2-3-8(14-13-6)16-5-12-7(4-10)15-16/h2-3,5H,1H3,(H,11,17). The summed E-state index contributed by atoms with van der Waals surface area (Å²) in [6.45, 7) is 0. The second kappa shape index (κ2) is 4.36. The first kappa shape index (κ1) is 10.7. The third kappa shape index (κ3) is 2.07. The Morgan fingerprint density at radius 3 is 2.82 bits per heavy atom. The molecule has 0 aliphatic heterocycles. The van der Waals surface area contributed by atoms with Gasteiger partial charge < -0.3 is 5.32 Å². The highest BCUT2D eigenvalue weighted by Gasteiger charge is 2.07. The van der Waals surface area contributed by atoms with Gasteiger partial charge in [0.15, 0.2) is 11.5 Å². The number of hydrogen-bond donors (Lipinski definition) is 1. The topological polar surface area (TPSA) is 109 Å². The molecular formula is C9H7N7O. The summed E-state index contributed by atoms with van der Waals surface area (Å²) in [6, 6.07) is 4.87. The number of nitrogens with one attached hydrogen (secondary N) is 1. The summed E-state index contributed by atoms with van der Waals surface area (Å²) >= 11 is 0. The zero-order chi connectivity index (χ0) is 12.3. The molecule has 8 heteroatoms. The molecule has 0 aromatic carbocycles. The van der Waals surface area contributed by atoms with E-state index in [0.717, 1.165) is 0 Å². The third-order valence-electron chi connectivity index (χ3n) is 1.94. The lowest BCUT2D eigenvalue weighted by atomic mass is 10.3. The van der Waals surface area contributed by atoms with Crippen molar-refractivity contribution in [3.05, 3.63) is 30.0 Å². The van der Waals surface area contributed by atoms with Gasteiger partial charge in [-0.3, -0.25) is 4.79 Å². The summed E-state index contributed by atoms with van der Waals surface area (Å²) in [6.07, 6.45) is 1.35. The summed E-state index contributed by atoms with van der Waals surface area (Å²) in [5.41, 5.74) is 0.205. The van der Waals surface area contributed by atoms with Crippen LogP contribution in [-0.4, -0.2) is 37.9 Å². The molecule has 0 aliphatic rings. The Labute approximate surface area is 95.9 Å². The SMILES string of the molecule is CNC(=O)c1ccc(-n2cnc(C#N)n2)nn1. The van der Waals surface area contributed by atoms with E-state index in [1.54, 1.807) is 12.1 Å². The molecule has 1 N–H and O–H groups in total. The molecule has 17 heavy (non-hydrogen) atoms. The normalized spacial score (nSPS) is 9.65. The quantitative estimate of drug-likeness (QED) is 0.728. The number of carbonyl (C=O) groups is 1. The van der Waals surface area contributed by atoms with Gasteiger partial charge in [0.25, 0.3) is 11.7 Å². The van der Waals surface area contributed by atoms with Crippen LogP contribution in [0.2, 0.25) is 0 Å². The van der Waals surface area contributed by atoms with Gasteiger partial charge in [-0.1, -0.05) is 0 Å². The number of rotatable bonds is 2. The van der Waals surface area contributed by atoms with Gasteiger partial charge in [-0.15, -0.1) is 15.3 Å². The first-order valence-corrected chi connectivity index (χ1v) is 4.62. The molecule has 0 radical (unpaired) electrons. The Hall–Kier alpha value is -2.82. The van der Waals surface area contributed by atoms with E-state index in [1.807, 2.05) is 0 Å². The van der Waals surface area contributed by atoms with E-state index in [9.17, 15) is 4.79 Å². The maximum Gasteiger partial charge on any atom is 0.271 e. The van der Waals surface area contributed by atoms with Gasteiger partial charge in [-0.2, -0.15) is 9.94 Å². The van der Waals surface area contributed by atoms with Gasteiger partial charge >= 0.3 is 0 Å². The van der Waals surface area contributed by atoms with Crippen LogP contribution in [0.1, 0.15) is 16.3 Å². The molecule has 0 saturated carbocycles. The Balaban J connectivity index is 2.29. The van der Waals surface area contributed by atoms with E-state index in [0.29, 0.717) is 5.82 Å². The Morgan fingerprint density at radius 2 is 2.29 bits per heavy atom. The number of nitrogens with zero attached hydrogens (tertiary/aromatic N) is 6. The van der Waals surface area contributed by atoms with Crippen LogP contribution in [0.3, 0.4) is 0 Å². The van der Waals surface area contributed by atoms with Crippen LogP contribution >= 0.6 is 0 Å². The molecule has 2 rings (SSSR count). The fourth-order valence-electron chi connectivity index (χ4n) is 1.12. The van der Waals surface area contributed by atoms with Crippen molar-refractivity contribution in [2.24, 2.45) is 0 Å². The minimum absolute atomic E-state index is 0.0437. The molecule has 8 nitrogen and oxygen atoms in total. The maximum atomic E-state index is 11.2. The van der Waals surface area contributed by atoms with Crippen molar-refractivity contribution >= 4 is 5.91 Å². The minimum Gasteiger partial charge on any atom is -0.354 e. The molecule has 2 aromatic rings. The predicted octanol–water partition coefficient (Wildman–Crippen LogP) is -0.711. The van der Waals surface area contributed by atoms with Crippen molar-refractivity contribution < 1.29 is 4.79 Å². The second-order valence-corrected chi connectivity index (χ2v) is 2.98. The largest absolute Gasteiger partial charge is 0.354 e. The summed E-state index contributed by atoms with van der Waals surface area (Å²) in [4.78, 5) is 14.9. The van der Waals surface area contributed by atoms with E-state index in [-0.39, 0.29) is 17.4 Å². The molecule has 0 saturated heterocycles. The summed E-state index contributed by atoms with van der Waals surface area (Å²) < 4.78 is 1.30. The highest BCUT2D eigenvalue weighted by atomic mass is 16.1. The Bertz CT molecular complexity index is 580. The van der Waals surface area contributed by atoms with Crippen LogP contribution in [0.4, 0.5) is 0 Å². The lowest BCUT2D eigenvalue weighted by Crippen LogP contribution is -2.19. The van der Waals surface area contributed by atoms with Gasteiger partial charge in [0.2, 0.25) is 0 Å². The van der Waals surface area contributed by atoms with Crippen LogP contribution in [0, 0.1) is 11.3 Å². The van der Waals surface area contributed by atoms with Crippen molar-refractivity contribution in [3.8, 4) is 11.9 Å². The summed E-state index contributed by atoms with van der Waals surface area (Å²) in [5.74, 6) is 0.106. The average molecular weight is 229 g/mol. The van der Waals surface area contributed by atoms with Gasteiger partial charge in [0, 0.05) is 7.05 Å². The van der Waals surface area contributed by atoms with Gasteiger partial charge in [0.05, 0.1) is 0 Å². The highest BCUT2D eigenvalue weighted by Crippen LogP contribution is 2.01. The Morgan fingerprint density at radius 1 is 1.47 bits per heavy atom. The predicted molar refractivity (Wildman–Crippen MR) is 55.1 cm³/mol. The molecular weight excluding hydrogens is 222 g/mol. The minimum atomic E-state index is -0.319. The van der Waals surface area contributed by atoms with Crippen LogP contribution in [0.15, 0.2) is 18.5 Å². The molecule has 2 aromatic heterocycles. The molecule has 0 aliphatic carbocycles. The molecule has 0 atom stereocenters. The van der Waals surface area contributed by atoms with Crippen LogP contribution < -0.4 is 5.32 Å². The summed E-state index contributed by atoms with van der Waals surface area (Å²) in [5, 5.41) is 22.4. The lowest BCUT2D eigenvalue weighted by molar-refractivity contribution is 0.0957. The second-order valence-electron chi connectivity index (χ2n) is 2.98. The van der Waals surface area contributed by atoms with Crippen molar-refractivity contribution in [1.29, 1.82) is 5.26 Å². The first-order chi connectivity index (χ1) is 8.24. The zero-order valence-electron chi connectivity index (χ0n) is 8.82. The van der Waals surface area contributed by atoms with Gasteiger partial charge in [-0.05, 0) is 12.1 Å². The average Bonchev–Trinajstić information content (AvgIpc) is 2.87. The van der Waals surface area contributed by atoms with E-state index in [4.69, 9.17) is 5.26 Å². The molecule has 0 unspecified atom stereocenters. The molecule has 0 bridgehead atoms. The van der Waals surface area contributed by atoms with E-state index < -0.39 is 0 Å². The molecule has 2 heterocycles. The number of amides is 1. The zero-order valence-corrected chi connectivity index (χ0v) is 8.82. The maximum absolute atomic E-state index is 11.2. The molecule has 1 amide bonds. The smallest absolute Gasteiger partial charge is 0.271 e. The van der Waals surface area contributed by atoms with Crippen molar-refractivity contribution in [3.63, 3.8) is 0 Å². The van der Waals surface area contributed by atoms with Crippen LogP contribution in [0.5, 0.6) is 0 Å². The van der Waals surface area contributed by atoms with Crippen molar-refractivity contribution in [1.82, 2.24) is 30.3 Å². The number of carbonyl (C=O) groups excluding carboxylic acids is 1. The Kier molecular flexibility index (Phi) is 2.74. The van der Waals surface area contributed by atoms with Gasteiger partial charge in [-0.25, -0.2) is 4.98 Å². The molecule has 84 valence electrons. The van der Waals surface area contributed by atoms with Crippen molar-refractivity contribution in [2.75, 3.05) is 7.05 Å². The number of nitriles is 1. The summed E-state index contributed by atoms with van der Waals surface area (Å²) in [7, 11) is 1.51. The molecule has 0 fully saturated rings. The third-order valence-corrected chi connectivity index (χ3v) is 1.94. The number of hydrogen-bond acceptors (Lipinski definition) is 6.